The SMILES string of the molecule is COCCNCc1ccc(OCCSC)c(OC)c1. The first-order chi connectivity index (χ1) is 9.31. The highest BCUT2D eigenvalue weighted by Gasteiger charge is 2.05. The number of rotatable bonds is 10. The lowest BCUT2D eigenvalue weighted by molar-refractivity contribution is 0.199. The van der Waals surface area contributed by atoms with E-state index in [0.717, 1.165) is 30.3 Å². The molecule has 1 aromatic rings. The predicted molar refractivity (Wildman–Crippen MR) is 80.5 cm³/mol. The van der Waals surface area contributed by atoms with Crippen LogP contribution in [0.3, 0.4) is 0 Å². The van der Waals surface area contributed by atoms with E-state index in [1.807, 2.05) is 12.1 Å². The van der Waals surface area contributed by atoms with Crippen LogP contribution >= 0.6 is 11.8 Å². The first-order valence-corrected chi connectivity index (χ1v) is 7.69. The zero-order valence-electron chi connectivity index (χ0n) is 11.9. The maximum atomic E-state index is 5.68. The molecule has 0 radical (unpaired) electrons. The van der Waals surface area contributed by atoms with Crippen molar-refractivity contribution < 1.29 is 14.2 Å². The van der Waals surface area contributed by atoms with Gasteiger partial charge in [-0.2, -0.15) is 11.8 Å². The highest BCUT2D eigenvalue weighted by molar-refractivity contribution is 7.98. The van der Waals surface area contributed by atoms with Crippen LogP contribution in [0.2, 0.25) is 0 Å². The fourth-order valence-electron chi connectivity index (χ4n) is 1.58. The summed E-state index contributed by atoms with van der Waals surface area (Å²) in [6.45, 7) is 3.05. The Bertz CT molecular complexity index is 361. The fraction of sp³-hybridized carbons (Fsp3) is 0.571. The second-order valence-electron chi connectivity index (χ2n) is 4.00. The van der Waals surface area contributed by atoms with Crippen molar-refractivity contribution in [3.05, 3.63) is 23.8 Å². The van der Waals surface area contributed by atoms with Crippen LogP contribution in [0, 0.1) is 0 Å². The molecule has 0 aliphatic carbocycles. The summed E-state index contributed by atoms with van der Waals surface area (Å²) in [4.78, 5) is 0. The molecule has 0 aliphatic rings. The number of hydrogen-bond acceptors (Lipinski definition) is 5. The van der Waals surface area contributed by atoms with E-state index in [0.29, 0.717) is 13.2 Å². The molecule has 0 spiro atoms. The van der Waals surface area contributed by atoms with Gasteiger partial charge in [0.1, 0.15) is 0 Å². The highest BCUT2D eigenvalue weighted by atomic mass is 32.2. The van der Waals surface area contributed by atoms with Crippen molar-refractivity contribution >= 4 is 11.8 Å². The predicted octanol–water partition coefficient (Wildman–Crippen LogP) is 2.17. The van der Waals surface area contributed by atoms with Gasteiger partial charge in [-0.1, -0.05) is 6.07 Å². The third-order valence-electron chi connectivity index (χ3n) is 2.59. The van der Waals surface area contributed by atoms with Crippen molar-refractivity contribution in [3.8, 4) is 11.5 Å². The lowest BCUT2D eigenvalue weighted by atomic mass is 10.2. The van der Waals surface area contributed by atoms with Crippen molar-refractivity contribution in [2.75, 3.05) is 46.0 Å². The van der Waals surface area contributed by atoms with Crippen molar-refractivity contribution in [1.82, 2.24) is 5.32 Å². The van der Waals surface area contributed by atoms with E-state index in [-0.39, 0.29) is 0 Å². The molecule has 0 bridgehead atoms. The molecular formula is C14H23NO3S. The summed E-state index contributed by atoms with van der Waals surface area (Å²) in [5.74, 6) is 2.56. The molecule has 5 heteroatoms. The standard InChI is InChI=1S/C14H23NO3S/c1-16-7-6-15-11-12-4-5-13(14(10-12)17-2)18-8-9-19-3/h4-5,10,15H,6-9,11H2,1-3H3. The van der Waals surface area contributed by atoms with Gasteiger partial charge in [0.05, 0.1) is 20.3 Å². The fourth-order valence-corrected chi connectivity index (χ4v) is 1.83. The Kier molecular flexibility index (Phi) is 8.45. The van der Waals surface area contributed by atoms with Gasteiger partial charge in [0.15, 0.2) is 11.5 Å². The van der Waals surface area contributed by atoms with Crippen LogP contribution in [0.25, 0.3) is 0 Å². The third kappa shape index (κ3) is 6.18. The van der Waals surface area contributed by atoms with Gasteiger partial charge in [-0.05, 0) is 24.0 Å². The average Bonchev–Trinajstić information content (AvgIpc) is 2.45. The van der Waals surface area contributed by atoms with Gasteiger partial charge in [0, 0.05) is 26.0 Å². The second kappa shape index (κ2) is 9.95. The number of nitrogens with one attached hydrogen (secondary N) is 1. The molecular weight excluding hydrogens is 262 g/mol. The minimum Gasteiger partial charge on any atom is -0.493 e. The first-order valence-electron chi connectivity index (χ1n) is 6.30. The maximum absolute atomic E-state index is 5.68. The number of hydrogen-bond donors (Lipinski definition) is 1. The van der Waals surface area contributed by atoms with Gasteiger partial charge >= 0.3 is 0 Å². The number of methoxy groups -OCH3 is 2. The summed E-state index contributed by atoms with van der Waals surface area (Å²) >= 11 is 1.77. The van der Waals surface area contributed by atoms with Crippen LogP contribution in [-0.2, 0) is 11.3 Å². The quantitative estimate of drug-likeness (QED) is 0.667. The molecule has 0 heterocycles. The van der Waals surface area contributed by atoms with E-state index >= 15 is 0 Å². The molecule has 4 nitrogen and oxygen atoms in total. The molecule has 0 atom stereocenters. The average molecular weight is 285 g/mol. The zero-order valence-corrected chi connectivity index (χ0v) is 12.7. The molecule has 0 saturated heterocycles. The molecule has 0 amide bonds. The summed E-state index contributed by atoms with van der Waals surface area (Å²) < 4.78 is 16.0. The summed E-state index contributed by atoms with van der Waals surface area (Å²) in [6, 6.07) is 6.03. The number of thioether (sulfide) groups is 1. The normalized spacial score (nSPS) is 10.5. The van der Waals surface area contributed by atoms with Crippen LogP contribution < -0.4 is 14.8 Å². The Morgan fingerprint density at radius 2 is 2.00 bits per heavy atom. The largest absolute Gasteiger partial charge is 0.493 e. The Balaban J connectivity index is 2.51. The summed E-state index contributed by atoms with van der Waals surface area (Å²) in [6.07, 6.45) is 2.06. The van der Waals surface area contributed by atoms with Gasteiger partial charge in [-0.25, -0.2) is 0 Å². The molecule has 0 aromatic heterocycles. The lowest BCUT2D eigenvalue weighted by Crippen LogP contribution is -2.18. The Morgan fingerprint density at radius 1 is 1.16 bits per heavy atom. The highest BCUT2D eigenvalue weighted by Crippen LogP contribution is 2.28. The number of ether oxygens (including phenoxy) is 3. The van der Waals surface area contributed by atoms with Crippen LogP contribution in [0.4, 0.5) is 0 Å². The third-order valence-corrected chi connectivity index (χ3v) is 3.16. The molecule has 0 aliphatic heterocycles. The van der Waals surface area contributed by atoms with Crippen molar-refractivity contribution in [1.29, 1.82) is 0 Å². The van der Waals surface area contributed by atoms with Gasteiger partial charge < -0.3 is 19.5 Å². The summed E-state index contributed by atoms with van der Waals surface area (Å²) in [7, 11) is 3.37. The van der Waals surface area contributed by atoms with Crippen LogP contribution in [-0.4, -0.2) is 46.0 Å². The van der Waals surface area contributed by atoms with E-state index in [9.17, 15) is 0 Å². The summed E-state index contributed by atoms with van der Waals surface area (Å²) in [5.41, 5.74) is 1.17. The molecule has 1 N–H and O–H groups in total. The van der Waals surface area contributed by atoms with E-state index in [1.54, 1.807) is 26.0 Å². The van der Waals surface area contributed by atoms with Crippen LogP contribution in [0.1, 0.15) is 5.56 Å². The van der Waals surface area contributed by atoms with E-state index in [2.05, 4.69) is 17.6 Å². The molecule has 1 aromatic carbocycles. The van der Waals surface area contributed by atoms with E-state index < -0.39 is 0 Å². The maximum Gasteiger partial charge on any atom is 0.161 e. The minimum atomic E-state index is 0.697. The number of benzene rings is 1. The van der Waals surface area contributed by atoms with Crippen molar-refractivity contribution in [3.63, 3.8) is 0 Å². The van der Waals surface area contributed by atoms with Gasteiger partial charge in [0.2, 0.25) is 0 Å². The van der Waals surface area contributed by atoms with Gasteiger partial charge in [-0.15, -0.1) is 0 Å². The summed E-state index contributed by atoms with van der Waals surface area (Å²) in [5, 5.41) is 3.30. The van der Waals surface area contributed by atoms with Crippen LogP contribution in [0.15, 0.2) is 18.2 Å². The minimum absolute atomic E-state index is 0.697. The molecule has 108 valence electrons. The first kappa shape index (κ1) is 16.1. The molecule has 1 rings (SSSR count). The van der Waals surface area contributed by atoms with Crippen LogP contribution in [0.5, 0.6) is 11.5 Å². The second-order valence-corrected chi connectivity index (χ2v) is 4.98. The smallest absolute Gasteiger partial charge is 0.161 e. The zero-order chi connectivity index (χ0) is 13.9. The van der Waals surface area contributed by atoms with Gasteiger partial charge in [0.25, 0.3) is 0 Å². The monoisotopic (exact) mass is 285 g/mol. The van der Waals surface area contributed by atoms with E-state index in [1.165, 1.54) is 5.56 Å². The molecule has 0 unspecified atom stereocenters. The molecule has 19 heavy (non-hydrogen) atoms. The lowest BCUT2D eigenvalue weighted by Gasteiger charge is -2.12. The van der Waals surface area contributed by atoms with Crippen molar-refractivity contribution in [2.45, 2.75) is 6.54 Å². The van der Waals surface area contributed by atoms with Crippen molar-refractivity contribution in [2.24, 2.45) is 0 Å². The Hall–Kier alpha value is -0.910. The Morgan fingerprint density at radius 3 is 2.68 bits per heavy atom. The molecule has 0 fully saturated rings. The Labute approximate surface area is 119 Å². The molecule has 0 saturated carbocycles. The van der Waals surface area contributed by atoms with E-state index in [4.69, 9.17) is 14.2 Å². The topological polar surface area (TPSA) is 39.7 Å². The van der Waals surface area contributed by atoms with Gasteiger partial charge in [-0.3, -0.25) is 0 Å².